The molecule has 0 radical (unpaired) electrons. The Morgan fingerprint density at radius 3 is 2.21 bits per heavy atom. The second-order valence-corrected chi connectivity index (χ2v) is 5.90. The fourth-order valence-electron chi connectivity index (χ4n) is 1.72. The number of halogens is 3. The SMILES string of the molecule is CNC(=O)N(C(=O)OC(C)(C)C)c1cc(C(F)(F)F)cn(C)c1=O. The van der Waals surface area contributed by atoms with Gasteiger partial charge in [0.1, 0.15) is 11.3 Å². The lowest BCUT2D eigenvalue weighted by molar-refractivity contribution is -0.138. The van der Waals surface area contributed by atoms with Crippen LogP contribution in [0.1, 0.15) is 26.3 Å². The van der Waals surface area contributed by atoms with Gasteiger partial charge in [-0.05, 0) is 26.8 Å². The van der Waals surface area contributed by atoms with Gasteiger partial charge in [-0.2, -0.15) is 18.1 Å². The van der Waals surface area contributed by atoms with E-state index in [0.29, 0.717) is 16.8 Å². The molecule has 1 heterocycles. The zero-order valence-corrected chi connectivity index (χ0v) is 13.8. The molecule has 0 aliphatic heterocycles. The molecule has 0 bridgehead atoms. The summed E-state index contributed by atoms with van der Waals surface area (Å²) < 4.78 is 44.5. The minimum atomic E-state index is -4.76. The van der Waals surface area contributed by atoms with Gasteiger partial charge >= 0.3 is 18.3 Å². The van der Waals surface area contributed by atoms with Crippen LogP contribution in [0.4, 0.5) is 28.4 Å². The number of ether oxygens (including phenoxy) is 1. The molecule has 0 unspecified atom stereocenters. The van der Waals surface area contributed by atoms with Crippen molar-refractivity contribution < 1.29 is 27.5 Å². The highest BCUT2D eigenvalue weighted by Crippen LogP contribution is 2.30. The number of pyridine rings is 1. The number of nitrogens with one attached hydrogen (secondary N) is 1. The molecular formula is C14H18F3N3O4. The minimum absolute atomic E-state index is 0.239. The zero-order valence-electron chi connectivity index (χ0n) is 13.8. The van der Waals surface area contributed by atoms with Gasteiger partial charge < -0.3 is 14.6 Å². The van der Waals surface area contributed by atoms with Crippen molar-refractivity contribution in [1.29, 1.82) is 0 Å². The quantitative estimate of drug-likeness (QED) is 0.845. The predicted molar refractivity (Wildman–Crippen MR) is 79.9 cm³/mol. The monoisotopic (exact) mass is 349 g/mol. The normalized spacial score (nSPS) is 11.8. The summed E-state index contributed by atoms with van der Waals surface area (Å²) in [5.74, 6) is 0. The highest BCUT2D eigenvalue weighted by molar-refractivity contribution is 6.11. The topological polar surface area (TPSA) is 80.6 Å². The van der Waals surface area contributed by atoms with E-state index in [-0.39, 0.29) is 4.90 Å². The predicted octanol–water partition coefficient (Wildman–Crippen LogP) is 2.49. The maximum absolute atomic E-state index is 12.9. The van der Waals surface area contributed by atoms with E-state index in [4.69, 9.17) is 4.74 Å². The molecule has 0 spiro atoms. The molecule has 134 valence electrons. The van der Waals surface area contributed by atoms with Gasteiger partial charge in [0.25, 0.3) is 5.56 Å². The average molecular weight is 349 g/mol. The lowest BCUT2D eigenvalue weighted by Crippen LogP contribution is -2.48. The van der Waals surface area contributed by atoms with Crippen LogP contribution in [0.3, 0.4) is 0 Å². The molecule has 7 nitrogen and oxygen atoms in total. The maximum atomic E-state index is 12.9. The number of alkyl halides is 3. The van der Waals surface area contributed by atoms with E-state index < -0.39 is 40.7 Å². The van der Waals surface area contributed by atoms with Crippen LogP contribution in [0.5, 0.6) is 0 Å². The van der Waals surface area contributed by atoms with Crippen LogP contribution in [0.25, 0.3) is 0 Å². The fraction of sp³-hybridized carbons (Fsp3) is 0.500. The van der Waals surface area contributed by atoms with E-state index in [1.165, 1.54) is 20.8 Å². The highest BCUT2D eigenvalue weighted by Gasteiger charge is 2.36. The molecule has 1 aromatic heterocycles. The first-order valence-electron chi connectivity index (χ1n) is 6.80. The summed E-state index contributed by atoms with van der Waals surface area (Å²) in [5.41, 5.74) is -3.92. The number of hydrogen-bond donors (Lipinski definition) is 1. The third-order valence-corrected chi connectivity index (χ3v) is 2.73. The largest absolute Gasteiger partial charge is 0.443 e. The Morgan fingerprint density at radius 2 is 1.79 bits per heavy atom. The molecule has 0 saturated carbocycles. The van der Waals surface area contributed by atoms with Crippen molar-refractivity contribution in [3.63, 3.8) is 0 Å². The van der Waals surface area contributed by atoms with Crippen molar-refractivity contribution in [3.8, 4) is 0 Å². The first-order chi connectivity index (χ1) is 10.8. The minimum Gasteiger partial charge on any atom is -0.443 e. The van der Waals surface area contributed by atoms with Gasteiger partial charge in [0, 0.05) is 20.3 Å². The van der Waals surface area contributed by atoms with Crippen LogP contribution in [0.15, 0.2) is 17.1 Å². The first-order valence-corrected chi connectivity index (χ1v) is 6.80. The highest BCUT2D eigenvalue weighted by atomic mass is 19.4. The van der Waals surface area contributed by atoms with Crippen LogP contribution in [-0.2, 0) is 18.0 Å². The number of hydrogen-bond acceptors (Lipinski definition) is 4. The molecular weight excluding hydrogens is 331 g/mol. The standard InChI is InChI=1S/C14H18F3N3O4/c1-13(2,3)24-12(23)20(11(22)18-4)9-6-8(14(15,16)17)7-19(5)10(9)21/h6-7H,1-5H3,(H,18,22). The number of nitrogens with zero attached hydrogens (tertiary/aromatic N) is 2. The Hall–Kier alpha value is -2.52. The molecule has 1 rings (SSSR count). The van der Waals surface area contributed by atoms with Gasteiger partial charge in [-0.25, -0.2) is 9.59 Å². The number of aryl methyl sites for hydroxylation is 1. The summed E-state index contributed by atoms with van der Waals surface area (Å²) >= 11 is 0. The smallest absolute Gasteiger partial charge is 0.423 e. The van der Waals surface area contributed by atoms with Gasteiger partial charge in [-0.3, -0.25) is 4.79 Å². The second-order valence-electron chi connectivity index (χ2n) is 5.90. The van der Waals surface area contributed by atoms with Crippen LogP contribution >= 0.6 is 0 Å². The molecule has 10 heteroatoms. The Morgan fingerprint density at radius 1 is 1.25 bits per heavy atom. The number of imide groups is 1. The van der Waals surface area contributed by atoms with Gasteiger partial charge in [0.05, 0.1) is 5.56 Å². The molecule has 1 aromatic rings. The van der Waals surface area contributed by atoms with Crippen molar-refractivity contribution in [2.45, 2.75) is 32.5 Å². The Bertz CT molecular complexity index is 705. The molecule has 1 N–H and O–H groups in total. The van der Waals surface area contributed by atoms with Crippen molar-refractivity contribution in [3.05, 3.63) is 28.2 Å². The van der Waals surface area contributed by atoms with E-state index in [1.54, 1.807) is 0 Å². The summed E-state index contributed by atoms with van der Waals surface area (Å²) in [6.45, 7) is 4.53. The number of carbonyl (C=O) groups is 2. The fourth-order valence-corrected chi connectivity index (χ4v) is 1.72. The van der Waals surface area contributed by atoms with Gasteiger partial charge in [0.15, 0.2) is 0 Å². The maximum Gasteiger partial charge on any atom is 0.423 e. The third kappa shape index (κ3) is 4.49. The summed E-state index contributed by atoms with van der Waals surface area (Å²) in [6, 6.07) is -0.665. The number of anilines is 1. The third-order valence-electron chi connectivity index (χ3n) is 2.73. The Labute approximate surface area is 136 Å². The van der Waals surface area contributed by atoms with Crippen molar-refractivity contribution in [2.24, 2.45) is 7.05 Å². The Kier molecular flexibility index (Phi) is 5.32. The van der Waals surface area contributed by atoms with Crippen molar-refractivity contribution in [1.82, 2.24) is 9.88 Å². The average Bonchev–Trinajstić information content (AvgIpc) is 2.40. The van der Waals surface area contributed by atoms with Crippen molar-refractivity contribution in [2.75, 3.05) is 11.9 Å². The number of urea groups is 1. The lowest BCUT2D eigenvalue weighted by Gasteiger charge is -2.26. The summed E-state index contributed by atoms with van der Waals surface area (Å²) in [4.78, 5) is 36.5. The summed E-state index contributed by atoms with van der Waals surface area (Å²) in [7, 11) is 2.25. The van der Waals surface area contributed by atoms with Gasteiger partial charge in [-0.15, -0.1) is 0 Å². The van der Waals surface area contributed by atoms with E-state index in [2.05, 4.69) is 5.32 Å². The van der Waals surface area contributed by atoms with Crippen LogP contribution < -0.4 is 15.8 Å². The van der Waals surface area contributed by atoms with E-state index in [1.807, 2.05) is 0 Å². The molecule has 0 fully saturated rings. The van der Waals surface area contributed by atoms with E-state index >= 15 is 0 Å². The van der Waals surface area contributed by atoms with Gasteiger partial charge in [-0.1, -0.05) is 0 Å². The summed E-state index contributed by atoms with van der Waals surface area (Å²) in [5, 5.41) is 2.09. The molecule has 0 aliphatic carbocycles. The zero-order chi connectivity index (χ0) is 18.9. The van der Waals surface area contributed by atoms with E-state index in [0.717, 1.165) is 14.1 Å². The van der Waals surface area contributed by atoms with E-state index in [9.17, 15) is 27.6 Å². The molecule has 3 amide bonds. The lowest BCUT2D eigenvalue weighted by atomic mass is 10.2. The van der Waals surface area contributed by atoms with Crippen LogP contribution in [0, 0.1) is 0 Å². The summed E-state index contributed by atoms with van der Waals surface area (Å²) in [6.07, 6.45) is -5.45. The van der Waals surface area contributed by atoms with Crippen molar-refractivity contribution >= 4 is 17.8 Å². The molecule has 0 aliphatic rings. The molecule has 0 aromatic carbocycles. The molecule has 24 heavy (non-hydrogen) atoms. The molecule has 0 saturated heterocycles. The molecule has 0 atom stereocenters. The number of aromatic nitrogens is 1. The number of rotatable bonds is 1. The van der Waals surface area contributed by atoms with Crippen LogP contribution in [-0.4, -0.2) is 29.3 Å². The number of carbonyl (C=O) groups excluding carboxylic acids is 2. The first kappa shape index (κ1) is 19.5. The Balaban J connectivity index is 3.54. The second kappa shape index (κ2) is 6.54. The van der Waals surface area contributed by atoms with Crippen LogP contribution in [0.2, 0.25) is 0 Å². The number of amides is 3. The van der Waals surface area contributed by atoms with Gasteiger partial charge in [0.2, 0.25) is 0 Å².